The van der Waals surface area contributed by atoms with Gasteiger partial charge in [-0.2, -0.15) is 0 Å². The number of ether oxygens (including phenoxy) is 1. The highest BCUT2D eigenvalue weighted by atomic mass is 35.5. The van der Waals surface area contributed by atoms with Crippen molar-refractivity contribution in [2.24, 2.45) is 5.92 Å². The average molecular weight is 254 g/mol. The van der Waals surface area contributed by atoms with E-state index >= 15 is 0 Å². The van der Waals surface area contributed by atoms with Crippen molar-refractivity contribution in [3.05, 3.63) is 28.8 Å². The van der Waals surface area contributed by atoms with Crippen LogP contribution < -0.4 is 10.1 Å². The monoisotopic (exact) mass is 253 g/mol. The zero-order chi connectivity index (χ0) is 12.3. The van der Waals surface area contributed by atoms with Crippen LogP contribution in [-0.4, -0.2) is 13.7 Å². The Labute approximate surface area is 108 Å². The molecule has 3 heteroatoms. The molecule has 1 aliphatic carbocycles. The molecule has 0 bridgehead atoms. The van der Waals surface area contributed by atoms with E-state index < -0.39 is 0 Å². The first kappa shape index (κ1) is 12.7. The van der Waals surface area contributed by atoms with Gasteiger partial charge in [-0.15, -0.1) is 0 Å². The molecule has 1 aromatic carbocycles. The minimum absolute atomic E-state index is 0.377. The Balaban J connectivity index is 2.29. The molecule has 1 atom stereocenters. The molecule has 0 saturated heterocycles. The summed E-state index contributed by atoms with van der Waals surface area (Å²) in [6, 6.07) is 6.25. The van der Waals surface area contributed by atoms with Gasteiger partial charge in [-0.25, -0.2) is 0 Å². The molecule has 1 saturated carbocycles. The third kappa shape index (κ3) is 2.75. The second-order valence-electron chi connectivity index (χ2n) is 4.61. The van der Waals surface area contributed by atoms with Crippen molar-refractivity contribution in [2.45, 2.75) is 32.2 Å². The van der Waals surface area contributed by atoms with Crippen molar-refractivity contribution < 1.29 is 4.74 Å². The fourth-order valence-electron chi connectivity index (χ4n) is 2.47. The van der Waals surface area contributed by atoms with Crippen LogP contribution in [0.4, 0.5) is 0 Å². The SMILES string of the molecule is CCNC(c1cc(Cl)ccc1OC)C1CCC1. The fraction of sp³-hybridized carbons (Fsp3) is 0.571. The molecular formula is C14H20ClNO. The molecule has 0 aromatic heterocycles. The highest BCUT2D eigenvalue weighted by Gasteiger charge is 2.29. The van der Waals surface area contributed by atoms with E-state index in [9.17, 15) is 0 Å². The lowest BCUT2D eigenvalue weighted by Crippen LogP contribution is -2.32. The van der Waals surface area contributed by atoms with Crippen LogP contribution in [0.25, 0.3) is 0 Å². The molecule has 17 heavy (non-hydrogen) atoms. The van der Waals surface area contributed by atoms with Crippen molar-refractivity contribution in [3.63, 3.8) is 0 Å². The van der Waals surface area contributed by atoms with Crippen LogP contribution in [0.5, 0.6) is 5.75 Å². The van der Waals surface area contributed by atoms with Crippen molar-refractivity contribution in [2.75, 3.05) is 13.7 Å². The van der Waals surface area contributed by atoms with Gasteiger partial charge in [0.1, 0.15) is 5.75 Å². The molecule has 0 heterocycles. The van der Waals surface area contributed by atoms with E-state index in [4.69, 9.17) is 16.3 Å². The van der Waals surface area contributed by atoms with Gasteiger partial charge >= 0.3 is 0 Å². The lowest BCUT2D eigenvalue weighted by atomic mass is 9.77. The minimum Gasteiger partial charge on any atom is -0.496 e. The molecule has 0 radical (unpaired) electrons. The smallest absolute Gasteiger partial charge is 0.123 e. The normalized spacial score (nSPS) is 17.6. The number of methoxy groups -OCH3 is 1. The number of halogens is 1. The number of hydrogen-bond donors (Lipinski definition) is 1. The van der Waals surface area contributed by atoms with Gasteiger partial charge < -0.3 is 10.1 Å². The Bertz CT molecular complexity index is 376. The van der Waals surface area contributed by atoms with Gasteiger partial charge in [0.05, 0.1) is 7.11 Å². The molecule has 1 N–H and O–H groups in total. The Morgan fingerprint density at radius 2 is 2.24 bits per heavy atom. The highest BCUT2D eigenvalue weighted by molar-refractivity contribution is 6.30. The van der Waals surface area contributed by atoms with Crippen LogP contribution in [0.1, 0.15) is 37.8 Å². The highest BCUT2D eigenvalue weighted by Crippen LogP contribution is 2.41. The van der Waals surface area contributed by atoms with Crippen LogP contribution in [0.2, 0.25) is 5.02 Å². The first-order valence-corrected chi connectivity index (χ1v) is 6.71. The fourth-order valence-corrected chi connectivity index (χ4v) is 2.65. The predicted octanol–water partition coefficient (Wildman–Crippen LogP) is 3.80. The van der Waals surface area contributed by atoms with Gasteiger partial charge in [0.15, 0.2) is 0 Å². The molecule has 2 nitrogen and oxygen atoms in total. The maximum Gasteiger partial charge on any atom is 0.123 e. The quantitative estimate of drug-likeness (QED) is 0.862. The summed E-state index contributed by atoms with van der Waals surface area (Å²) in [5.41, 5.74) is 1.20. The van der Waals surface area contributed by atoms with Crippen LogP contribution in [0.3, 0.4) is 0 Å². The van der Waals surface area contributed by atoms with E-state index in [0.29, 0.717) is 6.04 Å². The zero-order valence-corrected chi connectivity index (χ0v) is 11.3. The molecule has 1 unspecified atom stereocenters. The Kier molecular flexibility index (Phi) is 4.30. The van der Waals surface area contributed by atoms with E-state index in [2.05, 4.69) is 12.2 Å². The Hall–Kier alpha value is -0.730. The maximum atomic E-state index is 6.10. The standard InChI is InChI=1S/C14H20ClNO/c1-3-16-14(10-5-4-6-10)12-9-11(15)7-8-13(12)17-2/h7-10,14,16H,3-6H2,1-2H3. The van der Waals surface area contributed by atoms with Gasteiger partial charge in [-0.05, 0) is 43.5 Å². The molecule has 0 aliphatic heterocycles. The zero-order valence-electron chi connectivity index (χ0n) is 10.5. The van der Waals surface area contributed by atoms with Gasteiger partial charge in [-0.1, -0.05) is 24.9 Å². The van der Waals surface area contributed by atoms with Crippen LogP contribution in [0.15, 0.2) is 18.2 Å². The molecule has 1 aromatic rings. The van der Waals surface area contributed by atoms with Gasteiger partial charge in [0.2, 0.25) is 0 Å². The largest absolute Gasteiger partial charge is 0.496 e. The first-order chi connectivity index (χ1) is 8.26. The Morgan fingerprint density at radius 3 is 2.76 bits per heavy atom. The van der Waals surface area contributed by atoms with Crippen molar-refractivity contribution in [1.29, 1.82) is 0 Å². The van der Waals surface area contributed by atoms with Gasteiger partial charge in [0, 0.05) is 16.6 Å². The average Bonchev–Trinajstić information content (AvgIpc) is 2.26. The van der Waals surface area contributed by atoms with Gasteiger partial charge in [0.25, 0.3) is 0 Å². The van der Waals surface area contributed by atoms with E-state index in [1.807, 2.05) is 18.2 Å². The third-order valence-corrected chi connectivity index (χ3v) is 3.81. The van der Waals surface area contributed by atoms with E-state index in [-0.39, 0.29) is 0 Å². The van der Waals surface area contributed by atoms with E-state index in [0.717, 1.165) is 23.2 Å². The summed E-state index contributed by atoms with van der Waals surface area (Å²) < 4.78 is 5.45. The van der Waals surface area contributed by atoms with Crippen molar-refractivity contribution in [1.82, 2.24) is 5.32 Å². The molecule has 94 valence electrons. The number of nitrogens with one attached hydrogen (secondary N) is 1. The topological polar surface area (TPSA) is 21.3 Å². The van der Waals surface area contributed by atoms with Crippen LogP contribution in [-0.2, 0) is 0 Å². The molecule has 0 spiro atoms. The summed E-state index contributed by atoms with van der Waals surface area (Å²) in [6.07, 6.45) is 3.94. The number of hydrogen-bond acceptors (Lipinski definition) is 2. The summed E-state index contributed by atoms with van der Waals surface area (Å²) in [4.78, 5) is 0. The molecular weight excluding hydrogens is 234 g/mol. The third-order valence-electron chi connectivity index (χ3n) is 3.57. The molecule has 1 fully saturated rings. The summed E-state index contributed by atoms with van der Waals surface area (Å²) in [5, 5.41) is 4.34. The van der Waals surface area contributed by atoms with Crippen LogP contribution >= 0.6 is 11.6 Å². The van der Waals surface area contributed by atoms with E-state index in [1.54, 1.807) is 7.11 Å². The van der Waals surface area contributed by atoms with Crippen LogP contribution in [0, 0.1) is 5.92 Å². The number of benzene rings is 1. The summed E-state index contributed by atoms with van der Waals surface area (Å²) in [6.45, 7) is 3.11. The maximum absolute atomic E-state index is 6.10. The molecule has 2 rings (SSSR count). The summed E-state index contributed by atoms with van der Waals surface area (Å²) in [5.74, 6) is 1.66. The molecule has 0 amide bonds. The van der Waals surface area contributed by atoms with E-state index in [1.165, 1.54) is 24.8 Å². The van der Waals surface area contributed by atoms with Gasteiger partial charge in [-0.3, -0.25) is 0 Å². The summed E-state index contributed by atoms with van der Waals surface area (Å²) in [7, 11) is 1.72. The summed E-state index contributed by atoms with van der Waals surface area (Å²) >= 11 is 6.10. The van der Waals surface area contributed by atoms with Crippen molar-refractivity contribution in [3.8, 4) is 5.75 Å². The predicted molar refractivity (Wildman–Crippen MR) is 71.8 cm³/mol. The molecule has 1 aliphatic rings. The minimum atomic E-state index is 0.377. The number of rotatable bonds is 5. The second-order valence-corrected chi connectivity index (χ2v) is 5.05. The van der Waals surface area contributed by atoms with Crippen molar-refractivity contribution >= 4 is 11.6 Å². The lowest BCUT2D eigenvalue weighted by molar-refractivity contribution is 0.229. The lowest BCUT2D eigenvalue weighted by Gasteiger charge is -2.35. The Morgan fingerprint density at radius 1 is 1.47 bits per heavy atom. The first-order valence-electron chi connectivity index (χ1n) is 6.33. The second kappa shape index (κ2) is 5.74.